The Morgan fingerprint density at radius 2 is 1.80 bits per heavy atom. The number of carbonyl (C=O) groups excluding carboxylic acids is 2. The molecule has 1 aliphatic rings. The maximum absolute atomic E-state index is 12.9. The van der Waals surface area contributed by atoms with Gasteiger partial charge in [0.25, 0.3) is 0 Å². The molecule has 0 unspecified atom stereocenters. The van der Waals surface area contributed by atoms with E-state index < -0.39 is 5.60 Å². The van der Waals surface area contributed by atoms with Crippen LogP contribution < -0.4 is 0 Å². The Bertz CT molecular complexity index is 559. The van der Waals surface area contributed by atoms with Crippen LogP contribution in [-0.4, -0.2) is 48.7 Å². The minimum atomic E-state index is -0.552. The number of amides is 1. The van der Waals surface area contributed by atoms with Crippen molar-refractivity contribution in [3.8, 4) is 0 Å². The third-order valence-electron chi connectivity index (χ3n) is 4.14. The van der Waals surface area contributed by atoms with E-state index >= 15 is 0 Å². The number of benzene rings is 1. The van der Waals surface area contributed by atoms with Gasteiger partial charge >= 0.3 is 5.97 Å². The molecule has 0 saturated carbocycles. The first-order valence-electron chi connectivity index (χ1n) is 8.97. The number of rotatable bonds is 6. The van der Waals surface area contributed by atoms with Gasteiger partial charge in [-0.25, -0.2) is 0 Å². The zero-order valence-electron chi connectivity index (χ0n) is 15.5. The molecule has 2 rings (SSSR count). The zero-order chi connectivity index (χ0) is 18.3. The summed E-state index contributed by atoms with van der Waals surface area (Å²) >= 11 is 0. The largest absolute Gasteiger partial charge is 0.459 e. The number of hydrogen-bond donors (Lipinski definition) is 0. The third-order valence-corrected chi connectivity index (χ3v) is 4.14. The molecule has 0 spiro atoms. The molecule has 1 fully saturated rings. The monoisotopic (exact) mass is 347 g/mol. The van der Waals surface area contributed by atoms with Crippen LogP contribution in [0.25, 0.3) is 0 Å². The lowest BCUT2D eigenvalue weighted by Gasteiger charge is -2.30. The molecule has 5 nitrogen and oxygen atoms in total. The van der Waals surface area contributed by atoms with Crippen LogP contribution in [0, 0.1) is 5.92 Å². The first kappa shape index (κ1) is 19.4. The lowest BCUT2D eigenvalue weighted by Crippen LogP contribution is -2.44. The van der Waals surface area contributed by atoms with Crippen molar-refractivity contribution in [3.63, 3.8) is 0 Å². The highest BCUT2D eigenvalue weighted by Gasteiger charge is 2.28. The minimum absolute atomic E-state index is 0.000292. The summed E-state index contributed by atoms with van der Waals surface area (Å²) in [4.78, 5) is 26.8. The third kappa shape index (κ3) is 6.86. The predicted molar refractivity (Wildman–Crippen MR) is 96.1 cm³/mol. The fourth-order valence-electron chi connectivity index (χ4n) is 2.91. The normalized spacial score (nSPS) is 15.6. The Morgan fingerprint density at radius 3 is 2.40 bits per heavy atom. The van der Waals surface area contributed by atoms with Crippen LogP contribution in [0.1, 0.15) is 39.2 Å². The fraction of sp³-hybridized carbons (Fsp3) is 0.600. The van der Waals surface area contributed by atoms with Crippen LogP contribution in [0.3, 0.4) is 0 Å². The first-order chi connectivity index (χ1) is 11.8. The zero-order valence-corrected chi connectivity index (χ0v) is 15.5. The molecule has 0 N–H and O–H groups in total. The van der Waals surface area contributed by atoms with Gasteiger partial charge in [-0.15, -0.1) is 0 Å². The van der Waals surface area contributed by atoms with Crippen molar-refractivity contribution in [2.45, 2.75) is 45.6 Å². The molecule has 1 aromatic rings. The van der Waals surface area contributed by atoms with E-state index in [0.29, 0.717) is 19.8 Å². The quantitative estimate of drug-likeness (QED) is 0.743. The molecule has 25 heavy (non-hydrogen) atoms. The lowest BCUT2D eigenvalue weighted by atomic mass is 9.98. The summed E-state index contributed by atoms with van der Waals surface area (Å²) in [5.74, 6) is -0.391. The van der Waals surface area contributed by atoms with Gasteiger partial charge in [0.05, 0.1) is 0 Å². The second kappa shape index (κ2) is 8.99. The summed E-state index contributed by atoms with van der Waals surface area (Å²) in [6.07, 6.45) is 2.16. The second-order valence-corrected chi connectivity index (χ2v) is 7.47. The summed E-state index contributed by atoms with van der Waals surface area (Å²) in [5, 5.41) is 0. The SMILES string of the molecule is CC(C)(C)OC(=O)CN(CCc1ccccc1)C(=O)C1CCOCC1. The molecule has 0 aliphatic carbocycles. The lowest BCUT2D eigenvalue weighted by molar-refractivity contribution is -0.160. The van der Waals surface area contributed by atoms with Crippen LogP contribution in [0.5, 0.6) is 0 Å². The fourth-order valence-corrected chi connectivity index (χ4v) is 2.91. The Balaban J connectivity index is 2.01. The van der Waals surface area contributed by atoms with Gasteiger partial charge in [-0.1, -0.05) is 30.3 Å². The summed E-state index contributed by atoms with van der Waals surface area (Å²) in [6.45, 7) is 7.23. The molecule has 1 amide bonds. The van der Waals surface area contributed by atoms with Crippen LogP contribution in [0.15, 0.2) is 30.3 Å². The molecule has 0 radical (unpaired) electrons. The highest BCUT2D eigenvalue weighted by Crippen LogP contribution is 2.18. The molecule has 1 heterocycles. The van der Waals surface area contributed by atoms with E-state index in [1.165, 1.54) is 0 Å². The molecule has 0 aromatic heterocycles. The van der Waals surface area contributed by atoms with Gasteiger partial charge in [-0.3, -0.25) is 9.59 Å². The Morgan fingerprint density at radius 1 is 1.16 bits per heavy atom. The van der Waals surface area contributed by atoms with E-state index in [0.717, 1.165) is 24.8 Å². The molecule has 138 valence electrons. The van der Waals surface area contributed by atoms with Gasteiger partial charge in [-0.05, 0) is 45.6 Å². The highest BCUT2D eigenvalue weighted by atomic mass is 16.6. The number of hydrogen-bond acceptors (Lipinski definition) is 4. The van der Waals surface area contributed by atoms with Gasteiger partial charge in [0, 0.05) is 25.7 Å². The minimum Gasteiger partial charge on any atom is -0.459 e. The smallest absolute Gasteiger partial charge is 0.326 e. The maximum Gasteiger partial charge on any atom is 0.326 e. The standard InChI is InChI=1S/C20H29NO4/c1-20(2,3)25-18(22)15-21(12-9-16-7-5-4-6-8-16)19(23)17-10-13-24-14-11-17/h4-8,17H,9-15H2,1-3H3. The Labute approximate surface area is 150 Å². The van der Waals surface area contributed by atoms with Crippen molar-refractivity contribution in [1.82, 2.24) is 4.90 Å². The second-order valence-electron chi connectivity index (χ2n) is 7.47. The van der Waals surface area contributed by atoms with E-state index in [1.54, 1.807) is 4.90 Å². The van der Waals surface area contributed by atoms with Crippen molar-refractivity contribution in [2.24, 2.45) is 5.92 Å². The summed E-state index contributed by atoms with van der Waals surface area (Å²) < 4.78 is 10.7. The molecule has 1 aliphatic heterocycles. The van der Waals surface area contributed by atoms with Crippen LogP contribution >= 0.6 is 0 Å². The Kier molecular flexibility index (Phi) is 7.00. The van der Waals surface area contributed by atoms with Gasteiger partial charge in [0.15, 0.2) is 0 Å². The van der Waals surface area contributed by atoms with Crippen molar-refractivity contribution in [2.75, 3.05) is 26.3 Å². The number of nitrogens with zero attached hydrogens (tertiary/aromatic N) is 1. The highest BCUT2D eigenvalue weighted by molar-refractivity contribution is 5.84. The van der Waals surface area contributed by atoms with Gasteiger partial charge in [0.1, 0.15) is 12.1 Å². The number of esters is 1. The van der Waals surface area contributed by atoms with Crippen molar-refractivity contribution >= 4 is 11.9 Å². The van der Waals surface area contributed by atoms with Crippen LogP contribution in [0.2, 0.25) is 0 Å². The average molecular weight is 347 g/mol. The van der Waals surface area contributed by atoms with E-state index in [1.807, 2.05) is 51.1 Å². The summed E-state index contributed by atoms with van der Waals surface area (Å²) in [6, 6.07) is 9.99. The summed E-state index contributed by atoms with van der Waals surface area (Å²) in [7, 11) is 0. The first-order valence-corrected chi connectivity index (χ1v) is 8.97. The van der Waals surface area contributed by atoms with Crippen molar-refractivity contribution < 1.29 is 19.1 Å². The number of ether oxygens (including phenoxy) is 2. The van der Waals surface area contributed by atoms with E-state index in [9.17, 15) is 9.59 Å². The Hall–Kier alpha value is -1.88. The molecular formula is C20H29NO4. The molecule has 5 heteroatoms. The van der Waals surface area contributed by atoms with E-state index in [-0.39, 0.29) is 24.3 Å². The maximum atomic E-state index is 12.9. The van der Waals surface area contributed by atoms with E-state index in [4.69, 9.17) is 9.47 Å². The molecule has 1 saturated heterocycles. The van der Waals surface area contributed by atoms with Crippen LogP contribution in [-0.2, 0) is 25.5 Å². The number of carbonyl (C=O) groups is 2. The molecule has 0 bridgehead atoms. The van der Waals surface area contributed by atoms with Gasteiger partial charge in [0.2, 0.25) is 5.91 Å². The topological polar surface area (TPSA) is 55.8 Å². The summed E-state index contributed by atoms with van der Waals surface area (Å²) in [5.41, 5.74) is 0.598. The van der Waals surface area contributed by atoms with Crippen molar-refractivity contribution in [1.29, 1.82) is 0 Å². The molecular weight excluding hydrogens is 318 g/mol. The van der Waals surface area contributed by atoms with Gasteiger partial charge in [-0.2, -0.15) is 0 Å². The molecule has 1 aromatic carbocycles. The van der Waals surface area contributed by atoms with Crippen molar-refractivity contribution in [3.05, 3.63) is 35.9 Å². The van der Waals surface area contributed by atoms with Gasteiger partial charge < -0.3 is 14.4 Å². The van der Waals surface area contributed by atoms with E-state index in [2.05, 4.69) is 0 Å². The predicted octanol–water partition coefficient (Wildman–Crippen LogP) is 2.83. The molecule has 0 atom stereocenters. The average Bonchev–Trinajstić information content (AvgIpc) is 2.58. The van der Waals surface area contributed by atoms with Crippen LogP contribution in [0.4, 0.5) is 0 Å².